The van der Waals surface area contributed by atoms with Crippen LogP contribution in [0.2, 0.25) is 10.0 Å². The lowest BCUT2D eigenvalue weighted by Crippen LogP contribution is -2.25. The topological polar surface area (TPSA) is 64.6 Å². The van der Waals surface area contributed by atoms with Crippen LogP contribution < -0.4 is 10.1 Å². The molecule has 3 rings (SSSR count). The highest BCUT2D eigenvalue weighted by Crippen LogP contribution is 2.23. The molecule has 0 spiro atoms. The molecule has 0 radical (unpaired) electrons. The van der Waals surface area contributed by atoms with Crippen molar-refractivity contribution < 1.29 is 19.1 Å². The monoisotopic (exact) mass is 485 g/mol. The van der Waals surface area contributed by atoms with Gasteiger partial charge in [0.2, 0.25) is 0 Å². The molecule has 0 fully saturated rings. The molecule has 0 heterocycles. The number of benzene rings is 3. The Kier molecular flexibility index (Phi) is 8.01. The number of ether oxygens (including phenoxy) is 2. The van der Waals surface area contributed by atoms with Gasteiger partial charge in [0.05, 0.1) is 16.1 Å². The number of carbonyl (C=O) groups is 2. The summed E-state index contributed by atoms with van der Waals surface area (Å²) in [4.78, 5) is 25.0. The fourth-order valence-corrected chi connectivity index (χ4v) is 3.40. The first-order chi connectivity index (χ1) is 15.6. The standard InChI is InChI=1S/C26H25Cl2NO4/c1-26(2,3)33-25(31)19-8-4-6-17(12-19)15-29-24(30)22-14-21(10-11-23(22)28)32-16-18-7-5-9-20(27)13-18/h4-14H,15-16H2,1-3H3,(H,29,30). The molecule has 1 amide bonds. The van der Waals surface area contributed by atoms with Gasteiger partial charge in [0.1, 0.15) is 18.0 Å². The normalized spacial score (nSPS) is 11.1. The largest absolute Gasteiger partial charge is 0.489 e. The Morgan fingerprint density at radius 1 is 0.909 bits per heavy atom. The van der Waals surface area contributed by atoms with E-state index in [0.717, 1.165) is 11.1 Å². The van der Waals surface area contributed by atoms with Gasteiger partial charge in [-0.15, -0.1) is 0 Å². The van der Waals surface area contributed by atoms with Crippen molar-refractivity contribution in [2.24, 2.45) is 0 Å². The van der Waals surface area contributed by atoms with Crippen LogP contribution in [0.4, 0.5) is 0 Å². The second-order valence-corrected chi connectivity index (χ2v) is 9.29. The summed E-state index contributed by atoms with van der Waals surface area (Å²) in [6.07, 6.45) is 0. The quantitative estimate of drug-likeness (QED) is 0.390. The first-order valence-electron chi connectivity index (χ1n) is 10.4. The van der Waals surface area contributed by atoms with Crippen LogP contribution in [-0.4, -0.2) is 17.5 Å². The summed E-state index contributed by atoms with van der Waals surface area (Å²) in [6.45, 7) is 5.96. The summed E-state index contributed by atoms with van der Waals surface area (Å²) >= 11 is 12.2. The average Bonchev–Trinajstić information content (AvgIpc) is 2.76. The molecule has 172 valence electrons. The van der Waals surface area contributed by atoms with Gasteiger partial charge in [-0.2, -0.15) is 0 Å². The summed E-state index contributed by atoms with van der Waals surface area (Å²) < 4.78 is 11.2. The zero-order valence-corrected chi connectivity index (χ0v) is 20.2. The Hall–Kier alpha value is -3.02. The molecule has 1 N–H and O–H groups in total. The van der Waals surface area contributed by atoms with E-state index in [1.165, 1.54) is 0 Å². The number of rotatable bonds is 7. The number of hydrogen-bond donors (Lipinski definition) is 1. The van der Waals surface area contributed by atoms with Crippen LogP contribution >= 0.6 is 23.2 Å². The van der Waals surface area contributed by atoms with Crippen LogP contribution in [0.15, 0.2) is 66.7 Å². The third-order valence-corrected chi connectivity index (χ3v) is 5.06. The van der Waals surface area contributed by atoms with Crippen molar-refractivity contribution >= 4 is 35.1 Å². The molecule has 0 aliphatic rings. The first kappa shape index (κ1) is 24.6. The summed E-state index contributed by atoms with van der Waals surface area (Å²) in [6, 6.07) is 19.2. The van der Waals surface area contributed by atoms with Gasteiger partial charge in [-0.3, -0.25) is 4.79 Å². The predicted molar refractivity (Wildman–Crippen MR) is 130 cm³/mol. The lowest BCUT2D eigenvalue weighted by atomic mass is 10.1. The highest BCUT2D eigenvalue weighted by Gasteiger charge is 2.18. The van der Waals surface area contributed by atoms with Crippen LogP contribution in [-0.2, 0) is 17.9 Å². The van der Waals surface area contributed by atoms with Gasteiger partial charge < -0.3 is 14.8 Å². The van der Waals surface area contributed by atoms with Gasteiger partial charge in [0, 0.05) is 11.6 Å². The Labute approximate surface area is 203 Å². The number of halogens is 2. The van der Waals surface area contributed by atoms with Crippen LogP contribution in [0, 0.1) is 0 Å². The summed E-state index contributed by atoms with van der Waals surface area (Å²) in [7, 11) is 0. The molecule has 0 atom stereocenters. The SMILES string of the molecule is CC(C)(C)OC(=O)c1cccc(CNC(=O)c2cc(OCc3cccc(Cl)c3)ccc2Cl)c1. The molecule has 3 aromatic rings. The number of carbonyl (C=O) groups excluding carboxylic acids is 2. The number of amides is 1. The maximum absolute atomic E-state index is 12.8. The minimum atomic E-state index is -0.585. The van der Waals surface area contributed by atoms with Crippen LogP contribution in [0.5, 0.6) is 5.75 Å². The lowest BCUT2D eigenvalue weighted by Gasteiger charge is -2.19. The smallest absolute Gasteiger partial charge is 0.338 e. The molecule has 33 heavy (non-hydrogen) atoms. The zero-order valence-electron chi connectivity index (χ0n) is 18.7. The van der Waals surface area contributed by atoms with E-state index in [-0.39, 0.29) is 12.5 Å². The molecule has 3 aromatic carbocycles. The van der Waals surface area contributed by atoms with Gasteiger partial charge in [0.15, 0.2) is 0 Å². The maximum Gasteiger partial charge on any atom is 0.338 e. The second-order valence-electron chi connectivity index (χ2n) is 8.45. The molecule has 0 saturated carbocycles. The third-order valence-electron chi connectivity index (χ3n) is 4.49. The van der Waals surface area contributed by atoms with Gasteiger partial charge in [-0.25, -0.2) is 4.79 Å². The van der Waals surface area contributed by atoms with E-state index in [2.05, 4.69) is 5.32 Å². The molecule has 0 unspecified atom stereocenters. The van der Waals surface area contributed by atoms with Gasteiger partial charge in [-0.1, -0.05) is 47.5 Å². The van der Waals surface area contributed by atoms with Gasteiger partial charge in [-0.05, 0) is 74.4 Å². The molecule has 0 aliphatic carbocycles. The third kappa shape index (κ3) is 7.52. The molecule has 7 heteroatoms. The fraction of sp³-hybridized carbons (Fsp3) is 0.231. The number of esters is 1. The van der Waals surface area contributed by atoms with E-state index in [1.54, 1.807) is 42.5 Å². The molecule has 0 bridgehead atoms. The van der Waals surface area contributed by atoms with Gasteiger partial charge >= 0.3 is 5.97 Å². The Bertz CT molecular complexity index is 1160. The first-order valence-corrected chi connectivity index (χ1v) is 11.1. The molecular weight excluding hydrogens is 461 g/mol. The Morgan fingerprint density at radius 3 is 2.36 bits per heavy atom. The van der Waals surface area contributed by atoms with E-state index in [1.807, 2.05) is 45.0 Å². The maximum atomic E-state index is 12.8. The van der Waals surface area contributed by atoms with Crippen molar-refractivity contribution in [1.29, 1.82) is 0 Å². The fourth-order valence-electron chi connectivity index (χ4n) is 2.98. The molecular formula is C26H25Cl2NO4. The Morgan fingerprint density at radius 2 is 1.64 bits per heavy atom. The summed E-state index contributed by atoms with van der Waals surface area (Å²) in [5.41, 5.74) is 1.80. The zero-order chi connectivity index (χ0) is 24.0. The second kappa shape index (κ2) is 10.7. The van der Waals surface area contributed by atoms with E-state index in [9.17, 15) is 9.59 Å². The van der Waals surface area contributed by atoms with E-state index >= 15 is 0 Å². The van der Waals surface area contributed by atoms with Crippen molar-refractivity contribution in [2.45, 2.75) is 39.5 Å². The van der Waals surface area contributed by atoms with E-state index in [0.29, 0.717) is 33.5 Å². The highest BCUT2D eigenvalue weighted by molar-refractivity contribution is 6.33. The van der Waals surface area contributed by atoms with E-state index < -0.39 is 11.6 Å². The van der Waals surface area contributed by atoms with Crippen molar-refractivity contribution in [1.82, 2.24) is 5.32 Å². The van der Waals surface area contributed by atoms with Crippen molar-refractivity contribution in [3.05, 3.63) is 99.0 Å². The summed E-state index contributed by atoms with van der Waals surface area (Å²) in [5.74, 6) is -0.254. The van der Waals surface area contributed by atoms with Crippen molar-refractivity contribution in [2.75, 3.05) is 0 Å². The summed E-state index contributed by atoms with van der Waals surface area (Å²) in [5, 5.41) is 3.77. The molecule has 0 aliphatic heterocycles. The molecule has 0 aromatic heterocycles. The molecule has 0 saturated heterocycles. The minimum Gasteiger partial charge on any atom is -0.489 e. The number of hydrogen-bond acceptors (Lipinski definition) is 4. The average molecular weight is 486 g/mol. The highest BCUT2D eigenvalue weighted by atomic mass is 35.5. The van der Waals surface area contributed by atoms with Crippen LogP contribution in [0.3, 0.4) is 0 Å². The predicted octanol–water partition coefficient (Wildman–Crippen LogP) is 6.46. The van der Waals surface area contributed by atoms with Crippen molar-refractivity contribution in [3.8, 4) is 5.75 Å². The molecule has 5 nitrogen and oxygen atoms in total. The Balaban J connectivity index is 1.64. The van der Waals surface area contributed by atoms with Crippen LogP contribution in [0.1, 0.15) is 52.6 Å². The van der Waals surface area contributed by atoms with E-state index in [4.69, 9.17) is 32.7 Å². The van der Waals surface area contributed by atoms with Crippen molar-refractivity contribution in [3.63, 3.8) is 0 Å². The minimum absolute atomic E-state index is 0.222. The number of nitrogens with one attached hydrogen (secondary N) is 1. The van der Waals surface area contributed by atoms with Crippen LogP contribution in [0.25, 0.3) is 0 Å². The lowest BCUT2D eigenvalue weighted by molar-refractivity contribution is 0.00693. The van der Waals surface area contributed by atoms with Gasteiger partial charge in [0.25, 0.3) is 5.91 Å².